The summed E-state index contributed by atoms with van der Waals surface area (Å²) < 4.78 is 13.3. The molecule has 3 aromatic rings. The molecule has 1 aliphatic rings. The molecule has 0 fully saturated rings. The normalized spacial score (nSPS) is 16.6. The van der Waals surface area contributed by atoms with Crippen LogP contribution in [0.4, 0.5) is 15.8 Å². The maximum atomic E-state index is 13.3. The molecule has 134 valence electrons. The molecular formula is C21H17FN4O. The molecule has 2 heterocycles. The molecular weight excluding hydrogens is 343 g/mol. The second-order valence-electron chi connectivity index (χ2n) is 6.30. The van der Waals surface area contributed by atoms with Crippen molar-refractivity contribution in [2.24, 2.45) is 0 Å². The zero-order valence-electron chi connectivity index (χ0n) is 14.3. The smallest absolute Gasteiger partial charge is 0.151 e. The van der Waals surface area contributed by atoms with E-state index in [9.17, 15) is 9.50 Å². The third-order valence-electron chi connectivity index (χ3n) is 4.53. The minimum absolute atomic E-state index is 0.313. The minimum Gasteiger partial charge on any atom is -0.381 e. The van der Waals surface area contributed by atoms with Crippen molar-refractivity contribution < 1.29 is 9.50 Å². The molecule has 0 saturated heterocycles. The number of nitrogens with one attached hydrogen (secondary N) is 3. The van der Waals surface area contributed by atoms with E-state index in [1.165, 1.54) is 12.1 Å². The molecule has 0 saturated carbocycles. The first-order valence-corrected chi connectivity index (χ1v) is 8.50. The van der Waals surface area contributed by atoms with Crippen LogP contribution in [0.15, 0.2) is 54.7 Å². The molecule has 0 aliphatic carbocycles. The van der Waals surface area contributed by atoms with Gasteiger partial charge < -0.3 is 20.7 Å². The van der Waals surface area contributed by atoms with Crippen molar-refractivity contribution in [2.75, 3.05) is 10.6 Å². The van der Waals surface area contributed by atoms with Crippen molar-refractivity contribution >= 4 is 23.0 Å². The number of hydrogen-bond acceptors (Lipinski definition) is 4. The number of aromatic nitrogens is 1. The maximum Gasteiger partial charge on any atom is 0.151 e. The van der Waals surface area contributed by atoms with Crippen molar-refractivity contribution in [2.45, 2.75) is 12.8 Å². The molecule has 1 unspecified atom stereocenters. The lowest BCUT2D eigenvalue weighted by Gasteiger charge is -2.10. The Morgan fingerprint density at radius 2 is 2.11 bits per heavy atom. The van der Waals surface area contributed by atoms with Crippen LogP contribution in [-0.4, -0.2) is 16.3 Å². The molecule has 1 aliphatic heterocycles. The lowest BCUT2D eigenvalue weighted by atomic mass is 10.0. The summed E-state index contributed by atoms with van der Waals surface area (Å²) in [7, 11) is 0. The standard InChI is InChI=1S/C21H17FN4O/c22-15-4-3-13(14(8-15)11-23)12-25-17-5-6-20-18(9-17)19(21(27)26-20)10-16-2-1-7-24-16/h1-10,21,24-27H,12H2/b19-10-. The van der Waals surface area contributed by atoms with Crippen LogP contribution >= 0.6 is 0 Å². The Bertz CT molecular complexity index is 1050. The van der Waals surface area contributed by atoms with Gasteiger partial charge in [0, 0.05) is 40.9 Å². The highest BCUT2D eigenvalue weighted by Crippen LogP contribution is 2.37. The predicted molar refractivity (Wildman–Crippen MR) is 103 cm³/mol. The average Bonchev–Trinajstić information content (AvgIpc) is 3.29. The van der Waals surface area contributed by atoms with Crippen LogP contribution in [0.1, 0.15) is 22.4 Å². The molecule has 4 N–H and O–H groups in total. The van der Waals surface area contributed by atoms with Crippen molar-refractivity contribution in [3.05, 3.63) is 82.9 Å². The van der Waals surface area contributed by atoms with E-state index in [1.807, 2.05) is 48.7 Å². The molecule has 1 atom stereocenters. The summed E-state index contributed by atoms with van der Waals surface area (Å²) in [6, 6.07) is 15.8. The fourth-order valence-corrected chi connectivity index (χ4v) is 3.15. The number of rotatable bonds is 4. The third-order valence-corrected chi connectivity index (χ3v) is 4.53. The average molecular weight is 360 g/mol. The van der Waals surface area contributed by atoms with E-state index in [1.54, 1.807) is 6.07 Å². The number of aromatic amines is 1. The van der Waals surface area contributed by atoms with Gasteiger partial charge in [0.25, 0.3) is 0 Å². The molecule has 0 radical (unpaired) electrons. The number of benzene rings is 2. The number of nitrogens with zero attached hydrogens (tertiary/aromatic N) is 1. The lowest BCUT2D eigenvalue weighted by molar-refractivity contribution is 0.266. The number of H-pyrrole nitrogens is 1. The Labute approximate surface area is 155 Å². The van der Waals surface area contributed by atoms with Gasteiger partial charge in [0.2, 0.25) is 0 Å². The highest BCUT2D eigenvalue weighted by atomic mass is 19.1. The summed E-state index contributed by atoms with van der Waals surface area (Å²) in [4.78, 5) is 3.10. The fourth-order valence-electron chi connectivity index (χ4n) is 3.15. The molecule has 0 spiro atoms. The predicted octanol–water partition coefficient (Wildman–Crippen LogP) is 3.92. The molecule has 5 nitrogen and oxygen atoms in total. The van der Waals surface area contributed by atoms with Crippen LogP contribution in [0.25, 0.3) is 11.6 Å². The Kier molecular flexibility index (Phi) is 4.37. The molecule has 1 aromatic heterocycles. The van der Waals surface area contributed by atoms with Gasteiger partial charge >= 0.3 is 0 Å². The summed E-state index contributed by atoms with van der Waals surface area (Å²) >= 11 is 0. The van der Waals surface area contributed by atoms with Gasteiger partial charge in [0.1, 0.15) is 5.82 Å². The first-order chi connectivity index (χ1) is 13.1. The topological polar surface area (TPSA) is 83.9 Å². The quantitative estimate of drug-likeness (QED) is 0.568. The van der Waals surface area contributed by atoms with Crippen LogP contribution < -0.4 is 10.6 Å². The monoisotopic (exact) mass is 360 g/mol. The Morgan fingerprint density at radius 1 is 1.22 bits per heavy atom. The molecule has 6 heteroatoms. The maximum absolute atomic E-state index is 13.3. The van der Waals surface area contributed by atoms with Crippen LogP contribution in [0.2, 0.25) is 0 Å². The lowest BCUT2D eigenvalue weighted by Crippen LogP contribution is -2.12. The van der Waals surface area contributed by atoms with Crippen molar-refractivity contribution in [1.29, 1.82) is 5.26 Å². The summed E-state index contributed by atoms with van der Waals surface area (Å²) in [5.74, 6) is -0.424. The van der Waals surface area contributed by atoms with E-state index < -0.39 is 12.0 Å². The highest BCUT2D eigenvalue weighted by molar-refractivity contribution is 5.94. The van der Waals surface area contributed by atoms with E-state index in [-0.39, 0.29) is 0 Å². The third kappa shape index (κ3) is 3.41. The fraction of sp³-hybridized carbons (Fsp3) is 0.0952. The van der Waals surface area contributed by atoms with Crippen LogP contribution in [0.5, 0.6) is 0 Å². The Hall–Kier alpha value is -3.56. The molecule has 2 aromatic carbocycles. The number of aliphatic hydroxyl groups is 1. The summed E-state index contributed by atoms with van der Waals surface area (Å²) in [5, 5.41) is 25.8. The van der Waals surface area contributed by atoms with Gasteiger partial charge in [-0.05, 0) is 54.1 Å². The van der Waals surface area contributed by atoms with E-state index in [4.69, 9.17) is 5.26 Å². The second-order valence-corrected chi connectivity index (χ2v) is 6.30. The summed E-state index contributed by atoms with van der Waals surface area (Å²) in [6.45, 7) is 0.396. The van der Waals surface area contributed by atoms with Gasteiger partial charge in [-0.15, -0.1) is 0 Å². The SMILES string of the molecule is N#Cc1cc(F)ccc1CNc1ccc2c(c1)/C(=C/c1ccc[nH]1)C(O)N2. The first-order valence-electron chi connectivity index (χ1n) is 8.50. The minimum atomic E-state index is -0.777. The van der Waals surface area contributed by atoms with E-state index in [2.05, 4.69) is 15.6 Å². The van der Waals surface area contributed by atoms with Crippen LogP contribution in [0, 0.1) is 17.1 Å². The number of halogens is 1. The van der Waals surface area contributed by atoms with Crippen LogP contribution in [0.3, 0.4) is 0 Å². The highest BCUT2D eigenvalue weighted by Gasteiger charge is 2.24. The number of aliphatic hydroxyl groups excluding tert-OH is 1. The molecule has 27 heavy (non-hydrogen) atoms. The Balaban J connectivity index is 1.59. The van der Waals surface area contributed by atoms with Gasteiger partial charge in [0.05, 0.1) is 11.6 Å². The van der Waals surface area contributed by atoms with E-state index >= 15 is 0 Å². The van der Waals surface area contributed by atoms with Gasteiger partial charge in [-0.2, -0.15) is 5.26 Å². The number of hydrogen-bond donors (Lipinski definition) is 4. The van der Waals surface area contributed by atoms with E-state index in [0.29, 0.717) is 12.1 Å². The molecule has 0 amide bonds. The molecule has 0 bridgehead atoms. The summed E-state index contributed by atoms with van der Waals surface area (Å²) in [5.41, 5.74) is 5.31. The zero-order valence-corrected chi connectivity index (χ0v) is 14.3. The van der Waals surface area contributed by atoms with Gasteiger partial charge in [0.15, 0.2) is 6.23 Å². The van der Waals surface area contributed by atoms with Crippen molar-refractivity contribution in [3.8, 4) is 6.07 Å². The van der Waals surface area contributed by atoms with Crippen molar-refractivity contribution in [3.63, 3.8) is 0 Å². The van der Waals surface area contributed by atoms with E-state index in [0.717, 1.165) is 33.8 Å². The van der Waals surface area contributed by atoms with Gasteiger partial charge in [-0.25, -0.2) is 4.39 Å². The zero-order chi connectivity index (χ0) is 18.8. The van der Waals surface area contributed by atoms with Gasteiger partial charge in [-0.3, -0.25) is 0 Å². The second kappa shape index (κ2) is 6.98. The summed E-state index contributed by atoms with van der Waals surface area (Å²) in [6.07, 6.45) is 2.96. The number of fused-ring (bicyclic) bond motifs is 1. The van der Waals surface area contributed by atoms with Gasteiger partial charge in [-0.1, -0.05) is 6.07 Å². The Morgan fingerprint density at radius 3 is 2.89 bits per heavy atom. The van der Waals surface area contributed by atoms with Crippen LogP contribution in [-0.2, 0) is 6.54 Å². The van der Waals surface area contributed by atoms with Crippen molar-refractivity contribution in [1.82, 2.24) is 4.98 Å². The number of anilines is 2. The number of nitriles is 1. The first kappa shape index (κ1) is 16.9. The molecule has 4 rings (SSSR count). The largest absolute Gasteiger partial charge is 0.381 e.